The van der Waals surface area contributed by atoms with Gasteiger partial charge in [-0.3, -0.25) is 4.57 Å². The van der Waals surface area contributed by atoms with E-state index in [1.807, 2.05) is 0 Å². The average molecular weight is 196 g/mol. The quantitative estimate of drug-likeness (QED) is 0.624. The van der Waals surface area contributed by atoms with E-state index in [1.54, 1.807) is 14.1 Å². The summed E-state index contributed by atoms with van der Waals surface area (Å²) in [5.41, 5.74) is 0.364. The first-order chi connectivity index (χ1) is 6.56. The Kier molecular flexibility index (Phi) is 2.91. The lowest BCUT2D eigenvalue weighted by molar-refractivity contribution is 0.0601. The van der Waals surface area contributed by atoms with Crippen LogP contribution in [0.15, 0.2) is 18.5 Å². The number of hydrogen-bond donors (Lipinski definition) is 0. The molecular formula is C9H12N2O3. The maximum Gasteiger partial charge on any atom is 0.339 e. The van der Waals surface area contributed by atoms with E-state index >= 15 is 0 Å². The van der Waals surface area contributed by atoms with E-state index in [0.717, 1.165) is 0 Å². The van der Waals surface area contributed by atoms with E-state index in [2.05, 4.69) is 4.74 Å². The highest BCUT2D eigenvalue weighted by atomic mass is 16.5. The molecule has 0 spiro atoms. The topological polar surface area (TPSA) is 51.5 Å². The van der Waals surface area contributed by atoms with Crippen LogP contribution in [0.4, 0.5) is 4.79 Å². The summed E-state index contributed by atoms with van der Waals surface area (Å²) in [6.45, 7) is 0. The zero-order chi connectivity index (χ0) is 10.7. The summed E-state index contributed by atoms with van der Waals surface area (Å²) in [5, 5.41) is 0. The fraction of sp³-hybridized carbons (Fsp3) is 0.333. The molecule has 0 aliphatic carbocycles. The van der Waals surface area contributed by atoms with E-state index in [4.69, 9.17) is 0 Å². The summed E-state index contributed by atoms with van der Waals surface area (Å²) in [6.07, 6.45) is 2.96. The fourth-order valence-corrected chi connectivity index (χ4v) is 0.985. The summed E-state index contributed by atoms with van der Waals surface area (Å²) >= 11 is 0. The van der Waals surface area contributed by atoms with E-state index in [-0.39, 0.29) is 6.03 Å². The van der Waals surface area contributed by atoms with Crippen molar-refractivity contribution in [3.63, 3.8) is 0 Å². The average Bonchev–Trinajstić information content (AvgIpc) is 2.64. The van der Waals surface area contributed by atoms with Gasteiger partial charge in [0.05, 0.1) is 12.7 Å². The smallest absolute Gasteiger partial charge is 0.339 e. The Labute approximate surface area is 81.9 Å². The standard InChI is InChI=1S/C9H12N2O3/c1-10(2)9(13)11-5-4-7(6-11)8(12)14-3/h4-6H,1-3H3. The highest BCUT2D eigenvalue weighted by Crippen LogP contribution is 2.03. The normalized spacial score (nSPS) is 9.64. The number of amides is 1. The van der Waals surface area contributed by atoms with Crippen LogP contribution < -0.4 is 0 Å². The van der Waals surface area contributed by atoms with Crippen LogP contribution in [0.25, 0.3) is 0 Å². The SMILES string of the molecule is COC(=O)c1ccn(C(=O)N(C)C)c1. The van der Waals surface area contributed by atoms with Gasteiger partial charge in [-0.1, -0.05) is 0 Å². The molecule has 0 fully saturated rings. The molecule has 0 aromatic carbocycles. The summed E-state index contributed by atoms with van der Waals surface area (Å²) in [7, 11) is 4.58. The van der Waals surface area contributed by atoms with Crippen LogP contribution in [-0.2, 0) is 4.74 Å². The van der Waals surface area contributed by atoms with Crippen LogP contribution in [0.2, 0.25) is 0 Å². The first kappa shape index (κ1) is 10.3. The van der Waals surface area contributed by atoms with Crippen LogP contribution in [0, 0.1) is 0 Å². The van der Waals surface area contributed by atoms with Gasteiger partial charge in [-0.05, 0) is 6.07 Å². The highest BCUT2D eigenvalue weighted by molar-refractivity contribution is 5.90. The van der Waals surface area contributed by atoms with Crippen LogP contribution in [0.3, 0.4) is 0 Å². The number of nitrogens with zero attached hydrogens (tertiary/aromatic N) is 2. The van der Waals surface area contributed by atoms with Gasteiger partial charge in [-0.15, -0.1) is 0 Å². The van der Waals surface area contributed by atoms with Crippen LogP contribution in [0.5, 0.6) is 0 Å². The molecule has 5 nitrogen and oxygen atoms in total. The molecule has 0 radical (unpaired) electrons. The highest BCUT2D eigenvalue weighted by Gasteiger charge is 2.11. The number of aromatic nitrogens is 1. The number of rotatable bonds is 1. The fourth-order valence-electron chi connectivity index (χ4n) is 0.985. The third kappa shape index (κ3) is 1.93. The number of carbonyl (C=O) groups excluding carboxylic acids is 2. The minimum absolute atomic E-state index is 0.208. The summed E-state index contributed by atoms with van der Waals surface area (Å²) in [6, 6.07) is 1.33. The number of esters is 1. The van der Waals surface area contributed by atoms with Gasteiger partial charge in [-0.25, -0.2) is 9.59 Å². The zero-order valence-corrected chi connectivity index (χ0v) is 8.35. The van der Waals surface area contributed by atoms with Crippen molar-refractivity contribution in [1.29, 1.82) is 0 Å². The van der Waals surface area contributed by atoms with Crippen molar-refractivity contribution in [3.8, 4) is 0 Å². The predicted octanol–water partition coefficient (Wildman–Crippen LogP) is 0.804. The van der Waals surface area contributed by atoms with Gasteiger partial charge in [0, 0.05) is 26.5 Å². The van der Waals surface area contributed by atoms with Gasteiger partial charge in [-0.2, -0.15) is 0 Å². The van der Waals surface area contributed by atoms with E-state index in [9.17, 15) is 9.59 Å². The van der Waals surface area contributed by atoms with Crippen LogP contribution in [0.1, 0.15) is 10.4 Å². The molecule has 5 heteroatoms. The van der Waals surface area contributed by atoms with Crippen LogP contribution in [-0.4, -0.2) is 42.7 Å². The van der Waals surface area contributed by atoms with E-state index in [0.29, 0.717) is 5.56 Å². The molecule has 0 bridgehead atoms. The van der Waals surface area contributed by atoms with Crippen molar-refractivity contribution < 1.29 is 14.3 Å². The van der Waals surface area contributed by atoms with Gasteiger partial charge in [0.25, 0.3) is 0 Å². The molecule has 76 valence electrons. The third-order valence-electron chi connectivity index (χ3n) is 1.72. The third-order valence-corrected chi connectivity index (χ3v) is 1.72. The molecule has 0 N–H and O–H groups in total. The van der Waals surface area contributed by atoms with Gasteiger partial charge in [0.1, 0.15) is 0 Å². The Balaban J connectivity index is 2.88. The van der Waals surface area contributed by atoms with Crippen molar-refractivity contribution in [3.05, 3.63) is 24.0 Å². The Morgan fingerprint density at radius 1 is 1.43 bits per heavy atom. The number of hydrogen-bond acceptors (Lipinski definition) is 3. The van der Waals surface area contributed by atoms with E-state index < -0.39 is 5.97 Å². The molecule has 1 aromatic rings. The lowest BCUT2D eigenvalue weighted by Gasteiger charge is -2.09. The summed E-state index contributed by atoms with van der Waals surface area (Å²) < 4.78 is 5.84. The van der Waals surface area contributed by atoms with Crippen molar-refractivity contribution in [2.45, 2.75) is 0 Å². The number of ether oxygens (including phenoxy) is 1. The van der Waals surface area contributed by atoms with Crippen molar-refractivity contribution in [2.24, 2.45) is 0 Å². The van der Waals surface area contributed by atoms with Crippen molar-refractivity contribution >= 4 is 12.0 Å². The Morgan fingerprint density at radius 2 is 2.07 bits per heavy atom. The lowest BCUT2D eigenvalue weighted by atomic mass is 10.3. The molecule has 0 unspecified atom stereocenters. The molecule has 0 aliphatic heterocycles. The lowest BCUT2D eigenvalue weighted by Crippen LogP contribution is -2.26. The van der Waals surface area contributed by atoms with Gasteiger partial charge < -0.3 is 9.64 Å². The monoisotopic (exact) mass is 196 g/mol. The molecule has 1 rings (SSSR count). The Morgan fingerprint density at radius 3 is 2.57 bits per heavy atom. The molecule has 0 atom stereocenters. The van der Waals surface area contributed by atoms with Crippen molar-refractivity contribution in [1.82, 2.24) is 9.47 Å². The first-order valence-electron chi connectivity index (χ1n) is 4.04. The molecule has 0 saturated heterocycles. The minimum atomic E-state index is -0.449. The second-order valence-electron chi connectivity index (χ2n) is 2.98. The molecule has 0 aliphatic rings. The first-order valence-corrected chi connectivity index (χ1v) is 4.04. The van der Waals surface area contributed by atoms with Crippen LogP contribution >= 0.6 is 0 Å². The van der Waals surface area contributed by atoms with Crippen molar-refractivity contribution in [2.75, 3.05) is 21.2 Å². The molecule has 1 aromatic heterocycles. The van der Waals surface area contributed by atoms with Gasteiger partial charge in [0.15, 0.2) is 0 Å². The van der Waals surface area contributed by atoms with Gasteiger partial charge >= 0.3 is 12.0 Å². The van der Waals surface area contributed by atoms with Gasteiger partial charge in [0.2, 0.25) is 0 Å². The Hall–Kier alpha value is -1.78. The molecule has 1 heterocycles. The maximum atomic E-state index is 11.4. The largest absolute Gasteiger partial charge is 0.465 e. The minimum Gasteiger partial charge on any atom is -0.465 e. The second kappa shape index (κ2) is 3.95. The summed E-state index contributed by atoms with van der Waals surface area (Å²) in [5.74, 6) is -0.449. The molecule has 1 amide bonds. The molecule has 14 heavy (non-hydrogen) atoms. The van der Waals surface area contributed by atoms with E-state index in [1.165, 1.54) is 35.0 Å². The maximum absolute atomic E-state index is 11.4. The molecular weight excluding hydrogens is 184 g/mol. The summed E-state index contributed by atoms with van der Waals surface area (Å²) in [4.78, 5) is 23.9. The Bertz CT molecular complexity index is 355. The predicted molar refractivity (Wildman–Crippen MR) is 50.3 cm³/mol. The molecule has 0 saturated carbocycles. The zero-order valence-electron chi connectivity index (χ0n) is 8.35. The number of carbonyl (C=O) groups is 2. The number of methoxy groups -OCH3 is 1. The second-order valence-corrected chi connectivity index (χ2v) is 2.98.